The highest BCUT2D eigenvalue weighted by Gasteiger charge is 2.20. The van der Waals surface area contributed by atoms with Crippen molar-refractivity contribution >= 4 is 59.0 Å². The van der Waals surface area contributed by atoms with Crippen LogP contribution in [0, 0.1) is 13.8 Å². The number of esters is 1. The molecule has 0 radical (unpaired) electrons. The predicted octanol–water partition coefficient (Wildman–Crippen LogP) is 4.57. The van der Waals surface area contributed by atoms with E-state index in [1.54, 1.807) is 25.7 Å². The molecule has 2 N–H and O–H groups in total. The van der Waals surface area contributed by atoms with Gasteiger partial charge in [0.25, 0.3) is 0 Å². The first kappa shape index (κ1) is 25.7. The van der Waals surface area contributed by atoms with E-state index in [0.29, 0.717) is 23.1 Å². The highest BCUT2D eigenvalue weighted by molar-refractivity contribution is 14.0. The number of rotatable bonds is 8. The number of nitrogens with zero attached hydrogens (tertiary/aromatic N) is 2. The molecule has 1 aromatic carbocycles. The summed E-state index contributed by atoms with van der Waals surface area (Å²) in [5.74, 6) is 1.33. The first-order chi connectivity index (χ1) is 13.4. The number of aromatic nitrogens is 1. The van der Waals surface area contributed by atoms with Gasteiger partial charge in [0, 0.05) is 24.2 Å². The molecular formula is C20H29IN4O2S2. The summed E-state index contributed by atoms with van der Waals surface area (Å²) in [6.45, 7) is 8.86. The number of hydrogen-bond acceptors (Lipinski definition) is 6. The Balaban J connectivity index is 0.00000420. The zero-order valence-corrected chi connectivity index (χ0v) is 21.4. The molecule has 1 unspecified atom stereocenters. The fourth-order valence-corrected chi connectivity index (χ4v) is 4.15. The van der Waals surface area contributed by atoms with Crippen LogP contribution in [0.2, 0.25) is 0 Å². The molecule has 9 heteroatoms. The summed E-state index contributed by atoms with van der Waals surface area (Å²) in [6, 6.07) is 8.46. The number of nitrogens with one attached hydrogen (secondary N) is 2. The minimum atomic E-state index is -0.313. The number of carbonyl (C=O) groups is 1. The van der Waals surface area contributed by atoms with Crippen molar-refractivity contribution in [1.29, 1.82) is 0 Å². The van der Waals surface area contributed by atoms with E-state index in [1.165, 1.54) is 21.8 Å². The molecule has 160 valence electrons. The molecule has 0 saturated heterocycles. The number of thiazole rings is 1. The van der Waals surface area contributed by atoms with Gasteiger partial charge < -0.3 is 15.4 Å². The number of carbonyl (C=O) groups excluding carboxylic acids is 1. The summed E-state index contributed by atoms with van der Waals surface area (Å²) in [5, 5.41) is 7.48. The number of thioether (sulfide) groups is 1. The third-order valence-electron chi connectivity index (χ3n) is 3.91. The molecule has 0 aliphatic carbocycles. The maximum atomic E-state index is 12.0. The summed E-state index contributed by atoms with van der Waals surface area (Å²) < 4.78 is 5.09. The molecule has 6 nitrogen and oxygen atoms in total. The van der Waals surface area contributed by atoms with Gasteiger partial charge in [-0.1, -0.05) is 17.7 Å². The lowest BCUT2D eigenvalue weighted by atomic mass is 10.2. The molecule has 0 saturated carbocycles. The zero-order valence-electron chi connectivity index (χ0n) is 17.4. The lowest BCUT2D eigenvalue weighted by molar-refractivity contribution is 0.0531. The number of halogens is 1. The van der Waals surface area contributed by atoms with Gasteiger partial charge in [-0.3, -0.25) is 4.99 Å². The summed E-state index contributed by atoms with van der Waals surface area (Å²) in [7, 11) is 1.74. The van der Waals surface area contributed by atoms with Crippen molar-refractivity contribution < 1.29 is 9.53 Å². The highest BCUT2D eigenvalue weighted by Crippen LogP contribution is 2.24. The second kappa shape index (κ2) is 13.1. The van der Waals surface area contributed by atoms with Crippen LogP contribution < -0.4 is 10.6 Å². The number of ether oxygens (including phenoxy) is 1. The smallest absolute Gasteiger partial charge is 0.350 e. The Labute approximate surface area is 198 Å². The highest BCUT2D eigenvalue weighted by atomic mass is 127. The van der Waals surface area contributed by atoms with Crippen LogP contribution in [0.1, 0.15) is 45.8 Å². The van der Waals surface area contributed by atoms with Crippen molar-refractivity contribution in [2.75, 3.05) is 26.0 Å². The van der Waals surface area contributed by atoms with E-state index in [-0.39, 0.29) is 36.0 Å². The van der Waals surface area contributed by atoms with Gasteiger partial charge in [0.2, 0.25) is 0 Å². The number of aryl methyl sites for hydroxylation is 2. The van der Waals surface area contributed by atoms with Gasteiger partial charge in [0.05, 0.1) is 18.3 Å². The van der Waals surface area contributed by atoms with Crippen molar-refractivity contribution in [3.05, 3.63) is 45.4 Å². The van der Waals surface area contributed by atoms with Crippen LogP contribution in [0.15, 0.2) is 34.2 Å². The van der Waals surface area contributed by atoms with Crippen LogP contribution in [0.25, 0.3) is 0 Å². The lowest BCUT2D eigenvalue weighted by Crippen LogP contribution is -2.39. The molecule has 0 aliphatic heterocycles. The topological polar surface area (TPSA) is 75.6 Å². The molecule has 29 heavy (non-hydrogen) atoms. The first-order valence-electron chi connectivity index (χ1n) is 9.25. The van der Waals surface area contributed by atoms with Crippen molar-refractivity contribution in [3.63, 3.8) is 0 Å². The second-order valence-electron chi connectivity index (χ2n) is 6.21. The second-order valence-corrected chi connectivity index (χ2v) is 8.41. The monoisotopic (exact) mass is 548 g/mol. The molecule has 1 heterocycles. The average molecular weight is 549 g/mol. The summed E-state index contributed by atoms with van der Waals surface area (Å²) in [5.41, 5.74) is 1.97. The van der Waals surface area contributed by atoms with Gasteiger partial charge in [-0.05, 0) is 39.8 Å². The maximum Gasteiger partial charge on any atom is 0.350 e. The summed E-state index contributed by atoms with van der Waals surface area (Å²) in [6.07, 6.45) is 0. The first-order valence-corrected chi connectivity index (χ1v) is 11.1. The van der Waals surface area contributed by atoms with Gasteiger partial charge >= 0.3 is 5.97 Å². The fraction of sp³-hybridized carbons (Fsp3) is 0.450. The largest absolute Gasteiger partial charge is 0.462 e. The van der Waals surface area contributed by atoms with Crippen LogP contribution in [-0.4, -0.2) is 42.9 Å². The molecule has 1 atom stereocenters. The predicted molar refractivity (Wildman–Crippen MR) is 133 cm³/mol. The quantitative estimate of drug-likeness (QED) is 0.126. The standard InChI is InChI=1S/C20H28N4O2S2.HI/c1-6-26-19(25)17-14(3)23-18(28-17)15(4)24-20(21-5)22-11-12-27-16-9-7-13(2)8-10-16;/h7-10,15H,6,11-12H2,1-5H3,(H2,21,22,24);1H. The molecule has 0 fully saturated rings. The van der Waals surface area contributed by atoms with E-state index >= 15 is 0 Å². The third kappa shape index (κ3) is 8.13. The van der Waals surface area contributed by atoms with E-state index in [9.17, 15) is 4.79 Å². The normalized spacial score (nSPS) is 12.1. The maximum absolute atomic E-state index is 12.0. The molecular weight excluding hydrogens is 519 g/mol. The van der Waals surface area contributed by atoms with Crippen LogP contribution in [0.4, 0.5) is 0 Å². The number of benzene rings is 1. The molecule has 0 aliphatic rings. The summed E-state index contributed by atoms with van der Waals surface area (Å²) in [4.78, 5) is 22.6. The SMILES string of the molecule is CCOC(=O)c1sc(C(C)NC(=NC)NCCSc2ccc(C)cc2)nc1C.I. The van der Waals surface area contributed by atoms with E-state index in [1.807, 2.05) is 13.8 Å². The van der Waals surface area contributed by atoms with Crippen molar-refractivity contribution in [3.8, 4) is 0 Å². The van der Waals surface area contributed by atoms with Crippen LogP contribution in [0.5, 0.6) is 0 Å². The number of guanidine groups is 1. The Bertz CT molecular complexity index is 809. The fourth-order valence-electron chi connectivity index (χ4n) is 2.42. The number of aliphatic imine (C=N–C) groups is 1. The Morgan fingerprint density at radius 2 is 2.00 bits per heavy atom. The van der Waals surface area contributed by atoms with Gasteiger partial charge in [-0.15, -0.1) is 47.1 Å². The van der Waals surface area contributed by atoms with Gasteiger partial charge in [0.1, 0.15) is 9.88 Å². The Morgan fingerprint density at radius 1 is 1.31 bits per heavy atom. The van der Waals surface area contributed by atoms with Crippen LogP contribution >= 0.6 is 47.1 Å². The molecule has 2 aromatic rings. The van der Waals surface area contributed by atoms with E-state index in [0.717, 1.165) is 17.3 Å². The van der Waals surface area contributed by atoms with E-state index in [2.05, 4.69) is 51.8 Å². The minimum Gasteiger partial charge on any atom is -0.462 e. The molecule has 2 rings (SSSR count). The summed E-state index contributed by atoms with van der Waals surface area (Å²) >= 11 is 3.16. The van der Waals surface area contributed by atoms with Crippen LogP contribution in [-0.2, 0) is 4.74 Å². The van der Waals surface area contributed by atoms with Crippen LogP contribution in [0.3, 0.4) is 0 Å². The zero-order chi connectivity index (χ0) is 20.5. The Kier molecular flexibility index (Phi) is 11.6. The van der Waals surface area contributed by atoms with Crippen molar-refractivity contribution in [1.82, 2.24) is 15.6 Å². The molecule has 0 spiro atoms. The lowest BCUT2D eigenvalue weighted by Gasteiger charge is -2.16. The minimum absolute atomic E-state index is 0. The Hall–Kier alpha value is -1.33. The van der Waals surface area contributed by atoms with Gasteiger partial charge in [-0.25, -0.2) is 9.78 Å². The van der Waals surface area contributed by atoms with Gasteiger partial charge in [0.15, 0.2) is 5.96 Å². The van der Waals surface area contributed by atoms with Gasteiger partial charge in [-0.2, -0.15) is 0 Å². The number of hydrogen-bond donors (Lipinski definition) is 2. The van der Waals surface area contributed by atoms with E-state index < -0.39 is 0 Å². The third-order valence-corrected chi connectivity index (χ3v) is 6.24. The molecule has 1 aromatic heterocycles. The Morgan fingerprint density at radius 3 is 2.62 bits per heavy atom. The van der Waals surface area contributed by atoms with Crippen molar-refractivity contribution in [2.24, 2.45) is 4.99 Å². The average Bonchev–Trinajstić information content (AvgIpc) is 3.07. The van der Waals surface area contributed by atoms with E-state index in [4.69, 9.17) is 4.74 Å². The molecule has 0 bridgehead atoms. The molecule has 0 amide bonds. The van der Waals surface area contributed by atoms with Crippen molar-refractivity contribution in [2.45, 2.75) is 38.6 Å².